The molecule has 0 saturated carbocycles. The Labute approximate surface area is 164 Å². The molecular weight excluding hydrogens is 364 g/mol. The molecule has 150 valence electrons. The zero-order valence-corrected chi connectivity index (χ0v) is 16.6. The monoisotopic (exact) mass is 388 g/mol. The molecule has 0 bridgehead atoms. The van der Waals surface area contributed by atoms with Crippen LogP contribution >= 0.6 is 0 Å². The van der Waals surface area contributed by atoms with Gasteiger partial charge in [0.2, 0.25) is 0 Å². The van der Waals surface area contributed by atoms with Crippen LogP contribution < -0.4 is 18.9 Å². The van der Waals surface area contributed by atoms with Gasteiger partial charge in [-0.15, -0.1) is 0 Å². The topological polar surface area (TPSA) is 72.5 Å². The van der Waals surface area contributed by atoms with Crippen molar-refractivity contribution >= 4 is 5.97 Å². The molecule has 0 amide bonds. The van der Waals surface area contributed by atoms with E-state index in [1.807, 2.05) is 18.2 Å². The molecule has 0 radical (unpaired) electrons. The summed E-state index contributed by atoms with van der Waals surface area (Å²) < 4.78 is 33.6. The number of methoxy groups -OCH3 is 4. The third-order valence-electron chi connectivity index (χ3n) is 4.67. The van der Waals surface area contributed by atoms with Crippen LogP contribution in [0.15, 0.2) is 36.4 Å². The summed E-state index contributed by atoms with van der Waals surface area (Å²) in [6.07, 6.45) is -1.79. The zero-order chi connectivity index (χ0) is 20.3. The summed E-state index contributed by atoms with van der Waals surface area (Å²) in [5.41, 5.74) is 1.55. The lowest BCUT2D eigenvalue weighted by Crippen LogP contribution is -2.38. The van der Waals surface area contributed by atoms with Gasteiger partial charge in [-0.05, 0) is 24.3 Å². The third-order valence-corrected chi connectivity index (χ3v) is 4.67. The second kappa shape index (κ2) is 8.39. The molecule has 2 aromatic carbocycles. The zero-order valence-electron chi connectivity index (χ0n) is 16.6. The van der Waals surface area contributed by atoms with Crippen LogP contribution in [0.1, 0.15) is 30.3 Å². The molecule has 0 aliphatic carbocycles. The average Bonchev–Trinajstić information content (AvgIpc) is 2.71. The van der Waals surface area contributed by atoms with E-state index < -0.39 is 24.3 Å². The fourth-order valence-corrected chi connectivity index (χ4v) is 3.38. The number of hydrogen-bond donors (Lipinski definition) is 0. The summed E-state index contributed by atoms with van der Waals surface area (Å²) in [5.74, 6) is 1.99. The molecule has 1 aliphatic heterocycles. The summed E-state index contributed by atoms with van der Waals surface area (Å²) in [5, 5.41) is 0. The SMILES string of the molecule is COc1ccc2c(c1)O[C@@H](c1ccc(OC)c(OC)c1)[C@H](OC(C)=O)[C@H]2OC. The number of carbonyl (C=O) groups is 1. The number of esters is 1. The van der Waals surface area contributed by atoms with Crippen LogP contribution in [0.2, 0.25) is 0 Å². The summed E-state index contributed by atoms with van der Waals surface area (Å²) in [7, 11) is 6.29. The van der Waals surface area contributed by atoms with Gasteiger partial charge in [0.1, 0.15) is 17.6 Å². The Morgan fingerprint density at radius 1 is 0.929 bits per heavy atom. The molecule has 1 aliphatic rings. The molecule has 0 N–H and O–H groups in total. The van der Waals surface area contributed by atoms with Gasteiger partial charge < -0.3 is 28.4 Å². The summed E-state index contributed by atoms with van der Waals surface area (Å²) in [6.45, 7) is 1.36. The van der Waals surface area contributed by atoms with E-state index >= 15 is 0 Å². The van der Waals surface area contributed by atoms with E-state index in [-0.39, 0.29) is 0 Å². The Kier molecular flexibility index (Phi) is 5.94. The molecule has 0 aromatic heterocycles. The van der Waals surface area contributed by atoms with E-state index in [0.29, 0.717) is 23.0 Å². The van der Waals surface area contributed by atoms with Crippen LogP contribution in [-0.4, -0.2) is 40.5 Å². The number of fused-ring (bicyclic) bond motifs is 1. The normalized spacial score (nSPS) is 20.5. The van der Waals surface area contributed by atoms with Crippen LogP contribution in [0.4, 0.5) is 0 Å². The van der Waals surface area contributed by atoms with Crippen LogP contribution in [0.25, 0.3) is 0 Å². The van der Waals surface area contributed by atoms with Crippen molar-refractivity contribution in [1.29, 1.82) is 0 Å². The summed E-state index contributed by atoms with van der Waals surface area (Å²) >= 11 is 0. The Morgan fingerprint density at radius 3 is 2.29 bits per heavy atom. The van der Waals surface area contributed by atoms with Crippen molar-refractivity contribution in [3.05, 3.63) is 47.5 Å². The van der Waals surface area contributed by atoms with Crippen molar-refractivity contribution in [3.63, 3.8) is 0 Å². The molecular formula is C21H24O7. The van der Waals surface area contributed by atoms with E-state index in [2.05, 4.69) is 0 Å². The van der Waals surface area contributed by atoms with Crippen LogP contribution in [-0.2, 0) is 14.3 Å². The first-order chi connectivity index (χ1) is 13.5. The van der Waals surface area contributed by atoms with E-state index in [9.17, 15) is 4.79 Å². The number of hydrogen-bond acceptors (Lipinski definition) is 7. The highest BCUT2D eigenvalue weighted by atomic mass is 16.6. The molecule has 3 atom stereocenters. The van der Waals surface area contributed by atoms with E-state index in [0.717, 1.165) is 11.1 Å². The third kappa shape index (κ3) is 3.71. The number of carbonyl (C=O) groups excluding carboxylic acids is 1. The fourth-order valence-electron chi connectivity index (χ4n) is 3.38. The van der Waals surface area contributed by atoms with Crippen molar-refractivity contribution < 1.29 is 33.2 Å². The maximum atomic E-state index is 11.8. The van der Waals surface area contributed by atoms with Gasteiger partial charge in [-0.2, -0.15) is 0 Å². The Balaban J connectivity index is 2.10. The molecule has 3 rings (SSSR count). The minimum Gasteiger partial charge on any atom is -0.497 e. The van der Waals surface area contributed by atoms with Gasteiger partial charge >= 0.3 is 5.97 Å². The highest BCUT2D eigenvalue weighted by Gasteiger charge is 2.42. The van der Waals surface area contributed by atoms with Gasteiger partial charge in [-0.1, -0.05) is 6.07 Å². The lowest BCUT2D eigenvalue weighted by atomic mass is 9.91. The van der Waals surface area contributed by atoms with Crippen LogP contribution in [0.5, 0.6) is 23.0 Å². The Hall–Kier alpha value is -2.93. The predicted molar refractivity (Wildman–Crippen MR) is 101 cm³/mol. The quantitative estimate of drug-likeness (QED) is 0.702. The molecule has 28 heavy (non-hydrogen) atoms. The predicted octanol–water partition coefficient (Wildman–Crippen LogP) is 3.47. The first-order valence-corrected chi connectivity index (χ1v) is 8.78. The van der Waals surface area contributed by atoms with E-state index in [1.54, 1.807) is 46.6 Å². The highest BCUT2D eigenvalue weighted by molar-refractivity contribution is 5.66. The molecule has 0 fully saturated rings. The number of benzene rings is 2. The molecule has 1 heterocycles. The fraction of sp³-hybridized carbons (Fsp3) is 0.381. The van der Waals surface area contributed by atoms with Gasteiger partial charge in [0.25, 0.3) is 0 Å². The van der Waals surface area contributed by atoms with Crippen molar-refractivity contribution in [2.24, 2.45) is 0 Å². The Bertz CT molecular complexity index is 849. The summed E-state index contributed by atoms with van der Waals surface area (Å²) in [4.78, 5) is 11.8. The molecule has 7 heteroatoms. The highest BCUT2D eigenvalue weighted by Crippen LogP contribution is 2.46. The van der Waals surface area contributed by atoms with Crippen LogP contribution in [0.3, 0.4) is 0 Å². The average molecular weight is 388 g/mol. The minimum absolute atomic E-state index is 0.418. The van der Waals surface area contributed by atoms with E-state index in [1.165, 1.54) is 6.92 Å². The largest absolute Gasteiger partial charge is 0.497 e. The van der Waals surface area contributed by atoms with Crippen LogP contribution in [0, 0.1) is 0 Å². The second-order valence-corrected chi connectivity index (χ2v) is 6.29. The maximum absolute atomic E-state index is 11.8. The maximum Gasteiger partial charge on any atom is 0.303 e. The smallest absolute Gasteiger partial charge is 0.303 e. The number of ether oxygens (including phenoxy) is 6. The first-order valence-electron chi connectivity index (χ1n) is 8.78. The van der Waals surface area contributed by atoms with Gasteiger partial charge in [0.15, 0.2) is 23.7 Å². The first kappa shape index (κ1) is 19.8. The molecule has 0 unspecified atom stereocenters. The van der Waals surface area contributed by atoms with Gasteiger partial charge in [-0.25, -0.2) is 0 Å². The van der Waals surface area contributed by atoms with Crippen molar-refractivity contribution in [2.45, 2.75) is 25.2 Å². The summed E-state index contributed by atoms with van der Waals surface area (Å²) in [6, 6.07) is 10.9. The minimum atomic E-state index is -0.679. The second-order valence-electron chi connectivity index (χ2n) is 6.29. The van der Waals surface area contributed by atoms with Gasteiger partial charge in [0.05, 0.1) is 21.3 Å². The standard InChI is InChI=1S/C21H24O7/c1-12(22)27-21-19(13-6-9-16(24-3)18(10-13)25-4)28-17-11-14(23-2)7-8-15(17)20(21)26-5/h6-11,19-21H,1-5H3/t19-,20-,21-/m0/s1. The Morgan fingerprint density at radius 2 is 1.68 bits per heavy atom. The van der Waals surface area contributed by atoms with Crippen molar-refractivity contribution in [1.82, 2.24) is 0 Å². The molecule has 7 nitrogen and oxygen atoms in total. The molecule has 0 saturated heterocycles. The molecule has 2 aromatic rings. The van der Waals surface area contributed by atoms with Crippen molar-refractivity contribution in [2.75, 3.05) is 28.4 Å². The molecule has 0 spiro atoms. The van der Waals surface area contributed by atoms with Crippen molar-refractivity contribution in [3.8, 4) is 23.0 Å². The van der Waals surface area contributed by atoms with E-state index in [4.69, 9.17) is 28.4 Å². The lowest BCUT2D eigenvalue weighted by Gasteiger charge is -2.38. The lowest BCUT2D eigenvalue weighted by molar-refractivity contribution is -0.167. The van der Waals surface area contributed by atoms with Gasteiger partial charge in [0, 0.05) is 31.2 Å². The van der Waals surface area contributed by atoms with Gasteiger partial charge in [-0.3, -0.25) is 4.79 Å². The number of rotatable bonds is 6.